The standard InChI is InChI=1S/C15H19N3O3S/c1-10(11-3-5-12(22-2)6-4-11)16-14(20)9-18-8-7-13(19)17-15(18)21/h3-6,10H,7-9H2,1-2H3,(H,16,20)(H,17,19,21)/t10-/m0/s1. The first-order chi connectivity index (χ1) is 10.5. The Labute approximate surface area is 133 Å². The minimum absolute atomic E-state index is 0.0493. The van der Waals surface area contributed by atoms with Gasteiger partial charge < -0.3 is 10.2 Å². The Balaban J connectivity index is 1.88. The van der Waals surface area contributed by atoms with Crippen molar-refractivity contribution < 1.29 is 14.4 Å². The summed E-state index contributed by atoms with van der Waals surface area (Å²) in [6.07, 6.45) is 2.24. The van der Waals surface area contributed by atoms with Crippen LogP contribution in [-0.2, 0) is 9.59 Å². The molecule has 1 aliphatic rings. The van der Waals surface area contributed by atoms with Crippen molar-refractivity contribution in [1.29, 1.82) is 0 Å². The number of amides is 4. The third-order valence-corrected chi connectivity index (χ3v) is 4.21. The molecular formula is C15H19N3O3S. The maximum atomic E-state index is 12.0. The zero-order valence-electron chi connectivity index (χ0n) is 12.6. The number of carbonyl (C=O) groups is 3. The molecule has 1 aliphatic heterocycles. The van der Waals surface area contributed by atoms with E-state index >= 15 is 0 Å². The molecule has 6 nitrogen and oxygen atoms in total. The van der Waals surface area contributed by atoms with Crippen LogP contribution in [0.2, 0.25) is 0 Å². The fraction of sp³-hybridized carbons (Fsp3) is 0.400. The first-order valence-corrected chi connectivity index (χ1v) is 8.24. The number of hydrogen-bond donors (Lipinski definition) is 2. The van der Waals surface area contributed by atoms with Crippen molar-refractivity contribution in [2.75, 3.05) is 19.3 Å². The van der Waals surface area contributed by atoms with E-state index < -0.39 is 6.03 Å². The molecular weight excluding hydrogens is 302 g/mol. The molecule has 0 radical (unpaired) electrons. The number of imide groups is 1. The second kappa shape index (κ2) is 7.31. The Morgan fingerprint density at radius 1 is 1.36 bits per heavy atom. The summed E-state index contributed by atoms with van der Waals surface area (Å²) < 4.78 is 0. The SMILES string of the molecule is CSc1ccc([C@H](C)NC(=O)CN2CCC(=O)NC2=O)cc1. The normalized spacial score (nSPS) is 16.2. The van der Waals surface area contributed by atoms with Crippen molar-refractivity contribution >= 4 is 29.6 Å². The Kier molecular flexibility index (Phi) is 5.43. The molecule has 1 fully saturated rings. The van der Waals surface area contributed by atoms with E-state index in [2.05, 4.69) is 10.6 Å². The highest BCUT2D eigenvalue weighted by Gasteiger charge is 2.25. The monoisotopic (exact) mass is 321 g/mol. The summed E-state index contributed by atoms with van der Waals surface area (Å²) in [6, 6.07) is 7.31. The molecule has 1 saturated heterocycles. The van der Waals surface area contributed by atoms with E-state index in [0.717, 1.165) is 10.5 Å². The van der Waals surface area contributed by atoms with Crippen LogP contribution in [0.5, 0.6) is 0 Å². The molecule has 1 aromatic carbocycles. The van der Waals surface area contributed by atoms with Crippen LogP contribution < -0.4 is 10.6 Å². The fourth-order valence-corrected chi connectivity index (χ4v) is 2.59. The average molecular weight is 321 g/mol. The first-order valence-electron chi connectivity index (χ1n) is 7.01. The lowest BCUT2D eigenvalue weighted by Crippen LogP contribution is -2.52. The van der Waals surface area contributed by atoms with Crippen LogP contribution in [-0.4, -0.2) is 42.1 Å². The second-order valence-electron chi connectivity index (χ2n) is 5.09. The molecule has 1 atom stereocenters. The molecule has 0 unspecified atom stereocenters. The quantitative estimate of drug-likeness (QED) is 0.806. The molecule has 7 heteroatoms. The van der Waals surface area contributed by atoms with Gasteiger partial charge >= 0.3 is 6.03 Å². The minimum atomic E-state index is -0.511. The van der Waals surface area contributed by atoms with Gasteiger partial charge in [0.1, 0.15) is 6.54 Å². The third-order valence-electron chi connectivity index (χ3n) is 3.47. The molecule has 0 aliphatic carbocycles. The van der Waals surface area contributed by atoms with Crippen LogP contribution in [0.25, 0.3) is 0 Å². The lowest BCUT2D eigenvalue weighted by Gasteiger charge is -2.26. The summed E-state index contributed by atoms with van der Waals surface area (Å²) in [6.45, 7) is 2.12. The van der Waals surface area contributed by atoms with Gasteiger partial charge in [-0.05, 0) is 30.9 Å². The predicted molar refractivity (Wildman–Crippen MR) is 84.5 cm³/mol. The molecule has 118 valence electrons. The van der Waals surface area contributed by atoms with Crippen molar-refractivity contribution in [3.05, 3.63) is 29.8 Å². The number of carbonyl (C=O) groups excluding carboxylic acids is 3. The molecule has 0 aromatic heterocycles. The fourth-order valence-electron chi connectivity index (χ4n) is 2.19. The van der Waals surface area contributed by atoms with Crippen molar-refractivity contribution in [3.63, 3.8) is 0 Å². The number of urea groups is 1. The predicted octanol–water partition coefficient (Wildman–Crippen LogP) is 1.53. The van der Waals surface area contributed by atoms with Gasteiger partial charge in [-0.15, -0.1) is 11.8 Å². The van der Waals surface area contributed by atoms with Crippen LogP contribution in [0, 0.1) is 0 Å². The maximum absolute atomic E-state index is 12.0. The second-order valence-corrected chi connectivity index (χ2v) is 5.97. The van der Waals surface area contributed by atoms with Gasteiger partial charge in [0.2, 0.25) is 11.8 Å². The highest BCUT2D eigenvalue weighted by atomic mass is 32.2. The summed E-state index contributed by atoms with van der Waals surface area (Å²) in [5, 5.41) is 5.06. The molecule has 4 amide bonds. The lowest BCUT2D eigenvalue weighted by atomic mass is 10.1. The highest BCUT2D eigenvalue weighted by molar-refractivity contribution is 7.98. The van der Waals surface area contributed by atoms with Crippen LogP contribution in [0.15, 0.2) is 29.2 Å². The third kappa shape index (κ3) is 4.24. The number of nitrogens with zero attached hydrogens (tertiary/aromatic N) is 1. The van der Waals surface area contributed by atoms with Crippen LogP contribution >= 0.6 is 11.8 Å². The van der Waals surface area contributed by atoms with E-state index in [0.29, 0.717) is 0 Å². The molecule has 0 bridgehead atoms. The molecule has 1 aromatic rings. The van der Waals surface area contributed by atoms with Gasteiger partial charge in [-0.25, -0.2) is 4.79 Å². The Morgan fingerprint density at radius 2 is 2.05 bits per heavy atom. The van der Waals surface area contributed by atoms with E-state index in [9.17, 15) is 14.4 Å². The molecule has 0 spiro atoms. The zero-order chi connectivity index (χ0) is 16.1. The van der Waals surface area contributed by atoms with Gasteiger partial charge in [-0.1, -0.05) is 12.1 Å². The topological polar surface area (TPSA) is 78.5 Å². The number of nitrogens with one attached hydrogen (secondary N) is 2. The highest BCUT2D eigenvalue weighted by Crippen LogP contribution is 2.18. The Bertz CT molecular complexity index is 574. The molecule has 2 rings (SSSR count). The van der Waals surface area contributed by atoms with Crippen molar-refractivity contribution in [2.24, 2.45) is 0 Å². The largest absolute Gasteiger partial charge is 0.348 e. The summed E-state index contributed by atoms with van der Waals surface area (Å²) in [5.41, 5.74) is 1.00. The van der Waals surface area contributed by atoms with E-state index in [1.807, 2.05) is 37.4 Å². The van der Waals surface area contributed by atoms with Gasteiger partial charge in [0.25, 0.3) is 0 Å². The van der Waals surface area contributed by atoms with Crippen molar-refractivity contribution in [3.8, 4) is 0 Å². The van der Waals surface area contributed by atoms with Crippen molar-refractivity contribution in [1.82, 2.24) is 15.5 Å². The summed E-state index contributed by atoms with van der Waals surface area (Å²) in [5.74, 6) is -0.546. The Morgan fingerprint density at radius 3 is 2.64 bits per heavy atom. The van der Waals surface area contributed by atoms with Gasteiger partial charge in [0, 0.05) is 17.9 Å². The van der Waals surface area contributed by atoms with Crippen LogP contribution in [0.3, 0.4) is 0 Å². The number of hydrogen-bond acceptors (Lipinski definition) is 4. The maximum Gasteiger partial charge on any atom is 0.324 e. The van der Waals surface area contributed by atoms with Crippen LogP contribution in [0.1, 0.15) is 24.9 Å². The summed E-state index contributed by atoms with van der Waals surface area (Å²) in [4.78, 5) is 37.2. The first kappa shape index (κ1) is 16.4. The van der Waals surface area contributed by atoms with E-state index in [1.54, 1.807) is 11.8 Å². The molecule has 0 saturated carbocycles. The number of rotatable bonds is 5. The van der Waals surface area contributed by atoms with Crippen LogP contribution in [0.4, 0.5) is 4.79 Å². The van der Waals surface area contributed by atoms with E-state index in [1.165, 1.54) is 4.90 Å². The van der Waals surface area contributed by atoms with Gasteiger partial charge in [0.05, 0.1) is 6.04 Å². The van der Waals surface area contributed by atoms with E-state index in [-0.39, 0.29) is 37.4 Å². The average Bonchev–Trinajstić information content (AvgIpc) is 2.50. The van der Waals surface area contributed by atoms with Gasteiger partial charge in [0.15, 0.2) is 0 Å². The van der Waals surface area contributed by atoms with Gasteiger partial charge in [-0.3, -0.25) is 14.9 Å². The summed E-state index contributed by atoms with van der Waals surface area (Å²) in [7, 11) is 0. The minimum Gasteiger partial charge on any atom is -0.348 e. The lowest BCUT2D eigenvalue weighted by molar-refractivity contribution is -0.125. The molecule has 2 N–H and O–H groups in total. The molecule has 1 heterocycles. The zero-order valence-corrected chi connectivity index (χ0v) is 13.4. The number of benzene rings is 1. The van der Waals surface area contributed by atoms with E-state index in [4.69, 9.17) is 0 Å². The number of thioether (sulfide) groups is 1. The Hall–Kier alpha value is -2.02. The smallest absolute Gasteiger partial charge is 0.324 e. The summed E-state index contributed by atoms with van der Waals surface area (Å²) >= 11 is 1.66. The van der Waals surface area contributed by atoms with Crippen molar-refractivity contribution in [2.45, 2.75) is 24.3 Å². The van der Waals surface area contributed by atoms with Gasteiger partial charge in [-0.2, -0.15) is 0 Å². The molecule has 22 heavy (non-hydrogen) atoms.